The van der Waals surface area contributed by atoms with E-state index in [1.165, 1.54) is 21.1 Å². The Balaban J connectivity index is 0.987. The predicted molar refractivity (Wildman–Crippen MR) is 307 cm³/mol. The Kier molecular flexibility index (Phi) is 18.3. The third-order valence-electron chi connectivity index (χ3n) is 19.3. The van der Waals surface area contributed by atoms with E-state index in [9.17, 15) is 39.6 Å². The van der Waals surface area contributed by atoms with Crippen LogP contribution in [0.1, 0.15) is 122 Å². The van der Waals surface area contributed by atoms with Gasteiger partial charge in [-0.05, 0) is 99.4 Å². The van der Waals surface area contributed by atoms with Crippen LogP contribution in [0.3, 0.4) is 0 Å². The molecule has 3 fully saturated rings. The smallest absolute Gasteiger partial charge is 0.328 e. The van der Waals surface area contributed by atoms with Gasteiger partial charge in [0.05, 0.1) is 50.9 Å². The van der Waals surface area contributed by atoms with Crippen molar-refractivity contribution in [2.45, 2.75) is 164 Å². The van der Waals surface area contributed by atoms with Crippen LogP contribution in [-0.2, 0) is 64.9 Å². The maximum Gasteiger partial charge on any atom is 0.328 e. The molecule has 13 atom stereocenters. The predicted octanol–water partition coefficient (Wildman–Crippen LogP) is 3.87. The highest BCUT2D eigenvalue weighted by Gasteiger charge is 2.77. The number of benzene rings is 2. The van der Waals surface area contributed by atoms with E-state index in [1.807, 2.05) is 77.1 Å². The SMILES string of the molecule is CCC1(O)C[C@H]2CN(CCc3c([nH]c4ccccc34)[C@@](C(=O)OC)(c3cc4c(cc3OC)N(NCCCOC(=O)C(C)NC(=O)CCCC(=O)OCC(OC)OC(CO)C(C)(C)C)C3[C@]45CCN4CC=C[C@](CC)(C45)[C@@H](O)[C@]3(O)C=O)C2)C1. The topological polar surface area (TPSA) is 271 Å². The molecule has 456 valence electrons. The van der Waals surface area contributed by atoms with Crippen molar-refractivity contribution in [3.63, 3.8) is 0 Å². The molecule has 2 bridgehead atoms. The number of rotatable bonds is 23. The van der Waals surface area contributed by atoms with Crippen LogP contribution >= 0.6 is 0 Å². The Morgan fingerprint density at radius 3 is 2.42 bits per heavy atom. The first kappa shape index (κ1) is 62.1. The molecule has 7 unspecified atom stereocenters. The number of hydrazine groups is 1. The van der Waals surface area contributed by atoms with Crippen molar-refractivity contribution in [2.24, 2.45) is 16.7 Å². The first-order valence-corrected chi connectivity index (χ1v) is 29.7. The number of nitrogens with one attached hydrogen (secondary N) is 3. The van der Waals surface area contributed by atoms with Gasteiger partial charge in [-0.1, -0.05) is 65.0 Å². The number of ether oxygens (including phenoxy) is 6. The van der Waals surface area contributed by atoms with Crippen molar-refractivity contribution >= 4 is 46.7 Å². The van der Waals surface area contributed by atoms with Crippen molar-refractivity contribution in [2.75, 3.05) is 85.4 Å². The van der Waals surface area contributed by atoms with Crippen molar-refractivity contribution in [3.05, 3.63) is 70.9 Å². The number of aliphatic hydroxyl groups is 4. The number of hydrogen-bond acceptors (Lipinski definition) is 19. The van der Waals surface area contributed by atoms with Gasteiger partial charge in [0.25, 0.3) is 0 Å². The number of amides is 1. The van der Waals surface area contributed by atoms with Crippen molar-refractivity contribution in [3.8, 4) is 5.75 Å². The number of anilines is 1. The summed E-state index contributed by atoms with van der Waals surface area (Å²) in [6.07, 6.45) is 4.50. The van der Waals surface area contributed by atoms with Crippen molar-refractivity contribution < 1.29 is 72.8 Å². The number of aromatic nitrogens is 1. The summed E-state index contributed by atoms with van der Waals surface area (Å²) >= 11 is 0. The molecular formula is C62H88N6O15. The lowest BCUT2D eigenvalue weighted by molar-refractivity contribution is -0.211. The number of carbonyl (C=O) groups is 5. The lowest BCUT2D eigenvalue weighted by Gasteiger charge is -2.62. The van der Waals surface area contributed by atoms with Crippen LogP contribution in [0, 0.1) is 16.7 Å². The first-order chi connectivity index (χ1) is 39.6. The van der Waals surface area contributed by atoms with Gasteiger partial charge >= 0.3 is 17.9 Å². The van der Waals surface area contributed by atoms with Crippen LogP contribution in [-0.4, -0.2) is 194 Å². The standard InChI is InChI=1S/C62H88N6O15/c1-10-58(76)31-39-32-61(56(75)80-9,51-41(21-26-66(33-39)36-58)40-17-12-13-18-44(40)65-51)43-29-42-45(30-46(43)78-7)68(54-60(42)23-27-67-25-15-22-59(11-2,53(60)67)55(74)62(54,77)37-70)63-24-16-28-81-52(73)38(3)64-48(71)19-14-20-49(72)82-35-50(79-8)83-47(34-69)57(4,5)6/h12-13,15,17-18,22,29-30,37-39,47,50,53-55,63,65,69,74,76-77H,10-11,14,16,19-21,23-28,31-36H2,1-9H3,(H,64,71)/t38?,39-,47?,50?,53?,54?,55-,58?,59-,60-,61+,62+/m1/s1. The highest BCUT2D eigenvalue weighted by atomic mass is 16.7. The van der Waals surface area contributed by atoms with E-state index in [1.54, 1.807) is 12.1 Å². The van der Waals surface area contributed by atoms with Crippen LogP contribution in [0.25, 0.3) is 10.9 Å². The van der Waals surface area contributed by atoms with Gasteiger partial charge < -0.3 is 64.2 Å². The molecular weight excluding hydrogens is 1070 g/mol. The number of esters is 3. The molecule has 6 heterocycles. The summed E-state index contributed by atoms with van der Waals surface area (Å²) in [5.74, 6) is -2.02. The summed E-state index contributed by atoms with van der Waals surface area (Å²) in [6.45, 7) is 13.8. The molecule has 1 amide bonds. The molecule has 1 aromatic heterocycles. The zero-order valence-electron chi connectivity index (χ0n) is 49.8. The number of piperidine rings is 1. The Hall–Kier alpha value is -5.49. The molecule has 21 heteroatoms. The van der Waals surface area contributed by atoms with E-state index in [0.29, 0.717) is 93.8 Å². The number of aliphatic hydroxyl groups excluding tert-OH is 2. The van der Waals surface area contributed by atoms with Crippen LogP contribution in [0.15, 0.2) is 48.6 Å². The molecule has 5 aliphatic heterocycles. The van der Waals surface area contributed by atoms with Gasteiger partial charge in [0.15, 0.2) is 18.2 Å². The fraction of sp³-hybridized carbons (Fsp3) is 0.661. The minimum Gasteiger partial charge on any atom is -0.496 e. The number of aldehydes is 1. The molecule has 3 aromatic rings. The molecule has 83 heavy (non-hydrogen) atoms. The van der Waals surface area contributed by atoms with Crippen molar-refractivity contribution in [1.29, 1.82) is 0 Å². The Morgan fingerprint density at radius 2 is 1.73 bits per heavy atom. The number of para-hydroxylation sites is 1. The van der Waals surface area contributed by atoms with Gasteiger partial charge in [-0.2, -0.15) is 0 Å². The lowest BCUT2D eigenvalue weighted by Crippen LogP contribution is -2.80. The molecule has 21 nitrogen and oxygen atoms in total. The zero-order chi connectivity index (χ0) is 59.9. The normalized spacial score (nSPS) is 31.0. The van der Waals surface area contributed by atoms with Gasteiger partial charge in [0.1, 0.15) is 29.9 Å². The highest BCUT2D eigenvalue weighted by Crippen LogP contribution is 2.67. The van der Waals surface area contributed by atoms with Crippen LogP contribution in [0.2, 0.25) is 0 Å². The number of aromatic amines is 1. The summed E-state index contributed by atoms with van der Waals surface area (Å²) in [4.78, 5) is 76.6. The second kappa shape index (κ2) is 24.5. The molecule has 7 N–H and O–H groups in total. The maximum atomic E-state index is 15.6. The summed E-state index contributed by atoms with van der Waals surface area (Å²) in [5, 5.41) is 53.1. The number of hydrogen-bond donors (Lipinski definition) is 7. The third kappa shape index (κ3) is 11.0. The fourth-order valence-corrected chi connectivity index (χ4v) is 15.3. The van der Waals surface area contributed by atoms with Crippen LogP contribution in [0.5, 0.6) is 5.75 Å². The fourth-order valence-electron chi connectivity index (χ4n) is 15.3. The Bertz CT molecular complexity index is 2910. The maximum absolute atomic E-state index is 15.6. The van der Waals surface area contributed by atoms with E-state index < -0.39 is 87.9 Å². The Labute approximate surface area is 486 Å². The largest absolute Gasteiger partial charge is 0.496 e. The van der Waals surface area contributed by atoms with Crippen molar-refractivity contribution in [1.82, 2.24) is 25.5 Å². The molecule has 9 rings (SSSR count). The van der Waals surface area contributed by atoms with Crippen LogP contribution < -0.4 is 20.5 Å². The van der Waals surface area contributed by atoms with E-state index in [2.05, 4.69) is 31.6 Å². The molecule has 1 aliphatic carbocycles. The molecule has 1 saturated carbocycles. The molecule has 1 spiro atoms. The monoisotopic (exact) mass is 1160 g/mol. The van der Waals surface area contributed by atoms with Gasteiger partial charge in [-0.25, -0.2) is 10.2 Å². The molecule has 2 aromatic carbocycles. The Morgan fingerprint density at radius 1 is 0.964 bits per heavy atom. The number of carbonyl (C=O) groups excluding carboxylic acids is 5. The van der Waals surface area contributed by atoms with Gasteiger partial charge in [0, 0.05) is 97.8 Å². The summed E-state index contributed by atoms with van der Waals surface area (Å²) < 4.78 is 34.5. The van der Waals surface area contributed by atoms with Gasteiger partial charge in [-0.15, -0.1) is 0 Å². The minimum atomic E-state index is -2.35. The van der Waals surface area contributed by atoms with Gasteiger partial charge in [0.2, 0.25) is 5.91 Å². The zero-order valence-corrected chi connectivity index (χ0v) is 49.8. The molecule has 6 aliphatic rings. The number of fused-ring (bicyclic) bond motifs is 6. The summed E-state index contributed by atoms with van der Waals surface area (Å²) in [5.41, 5.74) is 0.567. The number of H-pyrrole nitrogens is 1. The second-order valence-electron chi connectivity index (χ2n) is 25.2. The molecule has 0 radical (unpaired) electrons. The lowest BCUT2D eigenvalue weighted by atomic mass is 9.48. The van der Waals surface area contributed by atoms with E-state index in [0.717, 1.165) is 22.0 Å². The number of nitrogens with zero attached hydrogens (tertiary/aromatic N) is 3. The average molecular weight is 1160 g/mol. The summed E-state index contributed by atoms with van der Waals surface area (Å²) in [7, 11) is 4.36. The third-order valence-corrected chi connectivity index (χ3v) is 19.3. The summed E-state index contributed by atoms with van der Waals surface area (Å²) in [6, 6.07) is 9.43. The van der Waals surface area contributed by atoms with Crippen LogP contribution in [0.4, 0.5) is 5.69 Å². The highest BCUT2D eigenvalue weighted by molar-refractivity contribution is 5.94. The van der Waals surface area contributed by atoms with E-state index in [4.69, 9.17) is 28.4 Å². The van der Waals surface area contributed by atoms with E-state index >= 15 is 4.79 Å². The van der Waals surface area contributed by atoms with Gasteiger partial charge in [-0.3, -0.25) is 29.0 Å². The van der Waals surface area contributed by atoms with E-state index in [-0.39, 0.29) is 69.8 Å². The quantitative estimate of drug-likeness (QED) is 0.0177. The average Bonchev–Trinajstić information content (AvgIpc) is 1.57. The minimum absolute atomic E-state index is 0.0594. The second-order valence-corrected chi connectivity index (χ2v) is 25.2. The number of methoxy groups -OCH3 is 3. The first-order valence-electron chi connectivity index (χ1n) is 29.7. The molecule has 2 saturated heterocycles.